The molecule has 3 fully saturated rings. The van der Waals surface area contributed by atoms with Crippen LogP contribution in [0.3, 0.4) is 0 Å². The summed E-state index contributed by atoms with van der Waals surface area (Å²) < 4.78 is 37.8. The Morgan fingerprint density at radius 1 is 1.07 bits per heavy atom. The van der Waals surface area contributed by atoms with Crippen LogP contribution < -0.4 is 0 Å². The van der Waals surface area contributed by atoms with Gasteiger partial charge in [-0.25, -0.2) is 0 Å². The van der Waals surface area contributed by atoms with E-state index in [0.29, 0.717) is 6.42 Å². The molecule has 266 valence electrons. The summed E-state index contributed by atoms with van der Waals surface area (Å²) in [5, 5.41) is 23.8. The Bertz CT molecular complexity index is 1070. The van der Waals surface area contributed by atoms with Gasteiger partial charge in [0.1, 0.15) is 31.0 Å². The number of methoxy groups -OCH3 is 1. The smallest absolute Gasteiger partial charge is 0.311 e. The van der Waals surface area contributed by atoms with Gasteiger partial charge in [0.25, 0.3) is 0 Å². The topological polar surface area (TPSA) is 146 Å². The molecule has 3 heterocycles. The van der Waals surface area contributed by atoms with Crippen LogP contribution in [0.25, 0.3) is 0 Å². The van der Waals surface area contributed by atoms with Crippen molar-refractivity contribution in [1.82, 2.24) is 4.90 Å². The average molecular weight is 657 g/mol. The van der Waals surface area contributed by atoms with Gasteiger partial charge < -0.3 is 43.5 Å². The van der Waals surface area contributed by atoms with Crippen LogP contribution in [0, 0.1) is 23.7 Å². The first-order chi connectivity index (χ1) is 21.4. The largest absolute Gasteiger partial charge is 0.459 e. The molecule has 3 saturated heterocycles. The van der Waals surface area contributed by atoms with Crippen LogP contribution >= 0.6 is 0 Å². The number of hydrogen-bond acceptors (Lipinski definition) is 12. The lowest BCUT2D eigenvalue weighted by Gasteiger charge is -2.49. The highest BCUT2D eigenvalue weighted by Gasteiger charge is 2.53. The maximum atomic E-state index is 13.6. The minimum absolute atomic E-state index is 0.0132. The van der Waals surface area contributed by atoms with Gasteiger partial charge in [-0.1, -0.05) is 27.7 Å². The maximum absolute atomic E-state index is 13.6. The van der Waals surface area contributed by atoms with Crippen molar-refractivity contribution < 1.29 is 48.2 Å². The summed E-state index contributed by atoms with van der Waals surface area (Å²) in [6.07, 6.45) is -4.12. The van der Waals surface area contributed by atoms with Crippen LogP contribution in [-0.2, 0) is 38.0 Å². The number of hydrogen-bond donors (Lipinski definition) is 2. The number of likely N-dealkylation sites (N-methyl/N-ethyl adjacent to an activating group) is 1. The van der Waals surface area contributed by atoms with E-state index in [0.717, 1.165) is 12.1 Å². The average Bonchev–Trinajstić information content (AvgIpc) is 3.00. The summed E-state index contributed by atoms with van der Waals surface area (Å²) in [6, 6.07) is -0.0132. The molecule has 0 radical (unpaired) electrons. The highest BCUT2D eigenvalue weighted by Crippen LogP contribution is 2.40. The predicted molar refractivity (Wildman–Crippen MR) is 173 cm³/mol. The molecule has 2 bridgehead atoms. The molecule has 0 aromatic heterocycles. The molecular formula is C34H60N2O10. The number of rotatable bonds is 5. The standard InChI is InChI=1S/C34H60N2O10/c1-13-25-34(8,40)30-20(4)26(35-9)18(2)15-33(7,43-17-23(37)16-42-30)29(21(5)27(38)22(6)31(39)45-25)46-32-28(41-12)24(36(10)11)14-19(3)44-32/h18-22,24-25,27-30,32,38,40H,13-17H2,1-12H3/t18-,19-,20+,21+,22-,24+,25-,27+,28-,29-,30-,32+,33-,34-/m1/s1. The van der Waals surface area contributed by atoms with Gasteiger partial charge in [0, 0.05) is 37.7 Å². The molecular weight excluding hydrogens is 596 g/mol. The Kier molecular flexibility index (Phi) is 13.4. The molecule has 3 aliphatic heterocycles. The zero-order valence-corrected chi connectivity index (χ0v) is 30.0. The van der Waals surface area contributed by atoms with E-state index in [1.807, 2.05) is 41.8 Å². The Morgan fingerprint density at radius 2 is 1.72 bits per heavy atom. The molecule has 14 atom stereocenters. The van der Waals surface area contributed by atoms with E-state index in [9.17, 15) is 19.8 Å². The normalized spacial score (nSPS) is 46.4. The first-order valence-electron chi connectivity index (χ1n) is 16.8. The van der Waals surface area contributed by atoms with E-state index >= 15 is 0 Å². The second kappa shape index (κ2) is 15.8. The van der Waals surface area contributed by atoms with Gasteiger partial charge >= 0.3 is 5.97 Å². The van der Waals surface area contributed by atoms with Gasteiger partial charge in [0.15, 0.2) is 12.1 Å². The summed E-state index contributed by atoms with van der Waals surface area (Å²) in [7, 11) is 7.28. The Morgan fingerprint density at radius 3 is 2.28 bits per heavy atom. The Hall–Kier alpha value is -1.51. The predicted octanol–water partition coefficient (Wildman–Crippen LogP) is 2.65. The van der Waals surface area contributed by atoms with Gasteiger partial charge in [-0.05, 0) is 67.0 Å². The van der Waals surface area contributed by atoms with Crippen molar-refractivity contribution >= 4 is 17.5 Å². The van der Waals surface area contributed by atoms with Crippen molar-refractivity contribution in [3.8, 4) is 0 Å². The number of cyclic esters (lactones) is 1. The van der Waals surface area contributed by atoms with Crippen molar-refractivity contribution in [3.05, 3.63) is 0 Å². The lowest BCUT2D eigenvalue weighted by atomic mass is 9.73. The van der Waals surface area contributed by atoms with E-state index < -0.39 is 71.7 Å². The number of ketones is 1. The SMILES string of the molecule is CC[C@H]1OC(=O)[C@H](C)[C@@H](O)[C@H](C)[C@@H](O[C@@H]2O[C@H](C)C[C@H](N(C)C)[C@H]2OC)[C@@]2(C)C[C@@H](C)C(=NC)[C@H](C)[C@@H](OCC(=O)CO2)[C@]1(C)O. The lowest BCUT2D eigenvalue weighted by Crippen LogP contribution is -2.61. The van der Waals surface area contributed by atoms with Gasteiger partial charge in [-0.3, -0.25) is 14.6 Å². The number of esters is 1. The van der Waals surface area contributed by atoms with Gasteiger partial charge in [-0.2, -0.15) is 0 Å². The number of Topliss-reactive ketones (excluding diaryl/α,β-unsaturated/α-hetero) is 1. The van der Waals surface area contributed by atoms with Crippen LogP contribution in [-0.4, -0.2) is 134 Å². The third kappa shape index (κ3) is 8.19. The zero-order valence-electron chi connectivity index (χ0n) is 30.0. The van der Waals surface area contributed by atoms with Crippen molar-refractivity contribution in [2.24, 2.45) is 28.7 Å². The fourth-order valence-corrected chi connectivity index (χ4v) is 7.98. The van der Waals surface area contributed by atoms with Crippen molar-refractivity contribution in [1.29, 1.82) is 0 Å². The molecule has 0 saturated carbocycles. The number of ether oxygens (including phenoxy) is 6. The molecule has 46 heavy (non-hydrogen) atoms. The quantitative estimate of drug-likeness (QED) is 0.421. The van der Waals surface area contributed by atoms with Crippen molar-refractivity contribution in [2.75, 3.05) is 41.5 Å². The number of aliphatic hydroxyl groups is 2. The second-order valence-corrected chi connectivity index (χ2v) is 14.5. The summed E-state index contributed by atoms with van der Waals surface area (Å²) in [6.45, 7) is 14.0. The minimum atomic E-state index is -1.68. The highest BCUT2D eigenvalue weighted by molar-refractivity contribution is 5.89. The first kappa shape index (κ1) is 38.9. The van der Waals surface area contributed by atoms with E-state index in [1.165, 1.54) is 0 Å². The molecule has 0 unspecified atom stereocenters. The highest BCUT2D eigenvalue weighted by atomic mass is 16.7. The minimum Gasteiger partial charge on any atom is -0.459 e. The number of aliphatic imine (C=N–C) groups is 1. The van der Waals surface area contributed by atoms with Crippen LogP contribution in [0.15, 0.2) is 4.99 Å². The van der Waals surface area contributed by atoms with Gasteiger partial charge in [0.2, 0.25) is 0 Å². The van der Waals surface area contributed by atoms with E-state index in [2.05, 4.69) is 9.89 Å². The molecule has 0 spiro atoms. The zero-order chi connectivity index (χ0) is 34.7. The van der Waals surface area contributed by atoms with E-state index in [1.54, 1.807) is 41.9 Å². The lowest BCUT2D eigenvalue weighted by molar-refractivity contribution is -0.306. The summed E-state index contributed by atoms with van der Waals surface area (Å²) in [5.74, 6) is -3.35. The number of nitrogens with zero attached hydrogens (tertiary/aromatic N) is 2. The first-order valence-corrected chi connectivity index (χ1v) is 16.8. The molecule has 3 aliphatic rings. The number of fused-ring (bicyclic) bond motifs is 5. The maximum Gasteiger partial charge on any atom is 0.311 e. The molecule has 2 N–H and O–H groups in total. The fourth-order valence-electron chi connectivity index (χ4n) is 7.98. The van der Waals surface area contributed by atoms with Crippen LogP contribution in [0.1, 0.15) is 74.7 Å². The van der Waals surface area contributed by atoms with Crippen LogP contribution in [0.4, 0.5) is 0 Å². The molecule has 0 aliphatic carbocycles. The fraction of sp³-hybridized carbons (Fsp3) is 0.912. The Balaban J connectivity index is 2.24. The van der Waals surface area contributed by atoms with Gasteiger partial charge in [0.05, 0.1) is 35.9 Å². The second-order valence-electron chi connectivity index (χ2n) is 14.5. The number of aliphatic hydroxyl groups excluding tert-OH is 1. The molecule has 12 heteroatoms. The number of carbonyl (C=O) groups excluding carboxylic acids is 2. The monoisotopic (exact) mass is 656 g/mol. The van der Waals surface area contributed by atoms with E-state index in [-0.39, 0.29) is 43.5 Å². The Labute approximate surface area is 275 Å². The molecule has 3 rings (SSSR count). The van der Waals surface area contributed by atoms with Crippen molar-refractivity contribution in [3.63, 3.8) is 0 Å². The van der Waals surface area contributed by atoms with Crippen molar-refractivity contribution in [2.45, 2.75) is 135 Å². The molecule has 12 nitrogen and oxygen atoms in total. The third-order valence-corrected chi connectivity index (χ3v) is 10.5. The summed E-state index contributed by atoms with van der Waals surface area (Å²) in [5.41, 5.74) is -2.11. The van der Waals surface area contributed by atoms with E-state index in [4.69, 9.17) is 28.4 Å². The van der Waals surface area contributed by atoms with Crippen LogP contribution in [0.5, 0.6) is 0 Å². The molecule has 0 aromatic rings. The summed E-state index contributed by atoms with van der Waals surface area (Å²) >= 11 is 0. The summed E-state index contributed by atoms with van der Waals surface area (Å²) in [4.78, 5) is 33.7. The van der Waals surface area contributed by atoms with Gasteiger partial charge in [-0.15, -0.1) is 0 Å². The number of carbonyl (C=O) groups is 2. The van der Waals surface area contributed by atoms with Crippen LogP contribution in [0.2, 0.25) is 0 Å². The molecule has 0 aromatic carbocycles. The third-order valence-electron chi connectivity index (χ3n) is 10.5. The molecule has 0 amide bonds.